The minimum atomic E-state index is -1.09. The molecule has 0 aliphatic carbocycles. The highest BCUT2D eigenvalue weighted by Crippen LogP contribution is 2.37. The van der Waals surface area contributed by atoms with Crippen LogP contribution in [0.4, 0.5) is 0 Å². The van der Waals surface area contributed by atoms with Crippen molar-refractivity contribution >= 4 is 29.7 Å². The Morgan fingerprint density at radius 3 is 1.08 bits per heavy atom. The van der Waals surface area contributed by atoms with Gasteiger partial charge >= 0.3 is 0 Å². The van der Waals surface area contributed by atoms with E-state index >= 15 is 0 Å². The van der Waals surface area contributed by atoms with E-state index in [1.54, 1.807) is 0 Å². The van der Waals surface area contributed by atoms with Gasteiger partial charge in [-0.25, -0.2) is 4.99 Å². The SMILES string of the molecule is CC(C)[C@H]1COC(c2ccccc2P(c2ccc(OCc3cc(OCc4ccccc4)cc(OCc4ccccc4)c3)cc2)c2ccc(OCc3cc(OCc4ccccc4)cc(OCc4ccccc4)c3)cc2)=N1. The number of hydrogen-bond acceptors (Lipinski definition) is 8. The quantitative estimate of drug-likeness (QED) is 0.0591. The highest BCUT2D eigenvalue weighted by atomic mass is 31.1. The molecule has 1 aliphatic heterocycles. The van der Waals surface area contributed by atoms with Crippen molar-refractivity contribution in [3.05, 3.63) is 269 Å². The third kappa shape index (κ3) is 14.1. The monoisotopic (exact) mass is 1010 g/mol. The average Bonchev–Trinajstić information content (AvgIpc) is 3.97. The molecule has 10 rings (SSSR count). The maximum atomic E-state index is 6.50. The molecule has 0 bridgehead atoms. The third-order valence-corrected chi connectivity index (χ3v) is 15.2. The lowest BCUT2D eigenvalue weighted by Crippen LogP contribution is -2.25. The second-order valence-corrected chi connectivity index (χ2v) is 20.9. The molecule has 0 saturated heterocycles. The molecule has 0 N–H and O–H groups in total. The molecule has 1 atom stereocenters. The van der Waals surface area contributed by atoms with Crippen LogP contribution < -0.4 is 44.3 Å². The predicted octanol–water partition coefficient (Wildman–Crippen LogP) is 13.7. The molecule has 8 nitrogen and oxygen atoms in total. The minimum Gasteiger partial charge on any atom is -0.489 e. The van der Waals surface area contributed by atoms with Crippen LogP contribution in [0.5, 0.6) is 34.5 Å². The zero-order valence-electron chi connectivity index (χ0n) is 42.3. The molecule has 0 radical (unpaired) electrons. The van der Waals surface area contributed by atoms with Gasteiger partial charge in [-0.3, -0.25) is 0 Å². The highest BCUT2D eigenvalue weighted by Gasteiger charge is 2.28. The minimum absolute atomic E-state index is 0.109. The van der Waals surface area contributed by atoms with Gasteiger partial charge < -0.3 is 33.2 Å². The Hall–Kier alpha value is -8.32. The van der Waals surface area contributed by atoms with Crippen LogP contribution in [0.15, 0.2) is 236 Å². The van der Waals surface area contributed by atoms with Crippen LogP contribution in [-0.4, -0.2) is 18.5 Å². The lowest BCUT2D eigenvalue weighted by Gasteiger charge is -2.23. The first-order chi connectivity index (χ1) is 36.9. The van der Waals surface area contributed by atoms with Crippen LogP contribution in [0.1, 0.15) is 52.8 Å². The summed E-state index contributed by atoms with van der Waals surface area (Å²) in [5.41, 5.74) is 7.22. The van der Waals surface area contributed by atoms with Crippen LogP contribution >= 0.6 is 7.92 Å². The van der Waals surface area contributed by atoms with Gasteiger partial charge in [0.1, 0.15) is 80.7 Å². The van der Waals surface area contributed by atoms with Crippen molar-refractivity contribution in [3.8, 4) is 34.5 Å². The first-order valence-corrected chi connectivity index (χ1v) is 26.8. The fourth-order valence-corrected chi connectivity index (χ4v) is 11.0. The summed E-state index contributed by atoms with van der Waals surface area (Å²) in [6, 6.07) is 78.1. The molecule has 376 valence electrons. The molecule has 9 aromatic carbocycles. The van der Waals surface area contributed by atoms with Gasteiger partial charge in [-0.2, -0.15) is 0 Å². The summed E-state index contributed by atoms with van der Waals surface area (Å²) < 4.78 is 44.5. The average molecular weight is 1010 g/mol. The smallest absolute Gasteiger partial charge is 0.217 e. The maximum absolute atomic E-state index is 6.50. The largest absolute Gasteiger partial charge is 0.489 e. The van der Waals surface area contributed by atoms with Gasteiger partial charge in [0, 0.05) is 17.7 Å². The number of benzene rings is 9. The molecule has 1 heterocycles. The van der Waals surface area contributed by atoms with E-state index in [1.807, 2.05) is 109 Å². The van der Waals surface area contributed by atoms with E-state index in [1.165, 1.54) is 0 Å². The fraction of sp³-hybridized carbons (Fsp3) is 0.167. The van der Waals surface area contributed by atoms with E-state index in [9.17, 15) is 0 Å². The molecular weight excluding hydrogens is 950 g/mol. The van der Waals surface area contributed by atoms with Gasteiger partial charge in [-0.05, 0) is 118 Å². The molecular formula is C66H60NO7P. The maximum Gasteiger partial charge on any atom is 0.217 e. The van der Waals surface area contributed by atoms with Crippen molar-refractivity contribution in [2.24, 2.45) is 10.9 Å². The normalized spacial score (nSPS) is 13.0. The summed E-state index contributed by atoms with van der Waals surface area (Å²) in [6.07, 6.45) is 0. The Bertz CT molecular complexity index is 2940. The summed E-state index contributed by atoms with van der Waals surface area (Å²) in [5, 5.41) is 3.46. The number of aliphatic imine (C=N–C) groups is 1. The molecule has 0 fully saturated rings. The van der Waals surface area contributed by atoms with Crippen molar-refractivity contribution in [1.29, 1.82) is 0 Å². The number of hydrogen-bond donors (Lipinski definition) is 0. The van der Waals surface area contributed by atoms with Gasteiger partial charge in [0.15, 0.2) is 0 Å². The molecule has 0 aromatic heterocycles. The van der Waals surface area contributed by atoms with Crippen LogP contribution in [0.25, 0.3) is 0 Å². The first-order valence-electron chi connectivity index (χ1n) is 25.4. The summed E-state index contributed by atoms with van der Waals surface area (Å²) in [6.45, 7) is 7.37. The molecule has 0 unspecified atom stereocenters. The van der Waals surface area contributed by atoms with Crippen LogP contribution in [0.2, 0.25) is 0 Å². The van der Waals surface area contributed by atoms with Crippen LogP contribution in [-0.2, 0) is 44.4 Å². The zero-order chi connectivity index (χ0) is 51.0. The van der Waals surface area contributed by atoms with E-state index in [0.717, 1.165) is 66.4 Å². The standard InChI is InChI=1S/C66H60NO7P/c1-48(2)64-47-74-66(67-64)63-25-15-16-26-65(63)75(61-31-27-55(28-32-61)68-45-53-35-57(70-41-49-17-7-3-8-18-49)39-58(36-53)71-42-50-19-9-4-10-20-50)62-33-29-56(30-34-62)69-46-54-37-59(72-43-51-21-11-5-12-22-51)40-60(38-54)73-44-52-23-13-6-14-24-52/h3-40,48,64H,41-47H2,1-2H3/t64-/m1/s1. The van der Waals surface area contributed by atoms with E-state index in [2.05, 4.69) is 135 Å². The predicted molar refractivity (Wildman–Crippen MR) is 301 cm³/mol. The zero-order valence-corrected chi connectivity index (χ0v) is 43.2. The molecule has 9 aromatic rings. The summed E-state index contributed by atoms with van der Waals surface area (Å²) in [7, 11) is -1.09. The van der Waals surface area contributed by atoms with E-state index in [4.69, 9.17) is 38.2 Å². The van der Waals surface area contributed by atoms with Gasteiger partial charge in [0.05, 0.1) is 6.04 Å². The Labute approximate surface area is 441 Å². The van der Waals surface area contributed by atoms with E-state index < -0.39 is 7.92 Å². The lowest BCUT2D eigenvalue weighted by molar-refractivity contribution is 0.281. The molecule has 1 aliphatic rings. The van der Waals surface area contributed by atoms with E-state index in [0.29, 0.717) is 81.1 Å². The van der Waals surface area contributed by atoms with Crippen molar-refractivity contribution in [2.75, 3.05) is 6.61 Å². The van der Waals surface area contributed by atoms with Crippen molar-refractivity contribution < 1.29 is 33.2 Å². The summed E-state index contributed by atoms with van der Waals surface area (Å²) in [4.78, 5) is 5.08. The van der Waals surface area contributed by atoms with Crippen LogP contribution in [0.3, 0.4) is 0 Å². The highest BCUT2D eigenvalue weighted by molar-refractivity contribution is 7.80. The number of ether oxygens (including phenoxy) is 7. The fourth-order valence-electron chi connectivity index (χ4n) is 8.60. The van der Waals surface area contributed by atoms with Crippen molar-refractivity contribution in [2.45, 2.75) is 59.5 Å². The first kappa shape index (κ1) is 50.2. The Morgan fingerprint density at radius 2 is 0.720 bits per heavy atom. The molecule has 0 saturated carbocycles. The van der Waals surface area contributed by atoms with Gasteiger partial charge in [-0.15, -0.1) is 0 Å². The van der Waals surface area contributed by atoms with Crippen LogP contribution in [0, 0.1) is 5.92 Å². The van der Waals surface area contributed by atoms with Gasteiger partial charge in [0.25, 0.3) is 0 Å². The summed E-state index contributed by atoms with van der Waals surface area (Å²) in [5.74, 6) is 5.42. The number of nitrogens with zero attached hydrogens (tertiary/aromatic N) is 1. The molecule has 75 heavy (non-hydrogen) atoms. The Kier molecular flexibility index (Phi) is 16.8. The molecule has 9 heteroatoms. The van der Waals surface area contributed by atoms with E-state index in [-0.39, 0.29) is 6.04 Å². The summed E-state index contributed by atoms with van der Waals surface area (Å²) >= 11 is 0. The lowest BCUT2D eigenvalue weighted by atomic mass is 10.1. The molecule has 0 spiro atoms. The van der Waals surface area contributed by atoms with Crippen molar-refractivity contribution in [1.82, 2.24) is 0 Å². The Balaban J connectivity index is 0.882. The topological polar surface area (TPSA) is 77.0 Å². The number of rotatable bonds is 23. The van der Waals surface area contributed by atoms with Gasteiger partial charge in [0.2, 0.25) is 5.90 Å². The third-order valence-electron chi connectivity index (χ3n) is 12.7. The van der Waals surface area contributed by atoms with Crippen molar-refractivity contribution in [3.63, 3.8) is 0 Å². The van der Waals surface area contributed by atoms with Gasteiger partial charge in [-0.1, -0.05) is 178 Å². The second kappa shape index (κ2) is 25.1. The second-order valence-electron chi connectivity index (χ2n) is 18.7. The molecule has 0 amide bonds. The Morgan fingerprint density at radius 1 is 0.387 bits per heavy atom.